The van der Waals surface area contributed by atoms with E-state index in [4.69, 9.17) is 0 Å². The van der Waals surface area contributed by atoms with Crippen molar-refractivity contribution in [3.05, 3.63) is 52.6 Å². The van der Waals surface area contributed by atoms with Crippen molar-refractivity contribution < 1.29 is 4.39 Å². The third-order valence-corrected chi connectivity index (χ3v) is 3.63. The highest BCUT2D eigenvalue weighted by Gasteiger charge is 2.11. The SMILES string of the molecule is CNCCCc1c(C)nn(Cc2ccc(F)cc2)c1C. The number of hydrogen-bond acceptors (Lipinski definition) is 2. The second-order valence-electron chi connectivity index (χ2n) is 5.14. The number of hydrogen-bond donors (Lipinski definition) is 1. The first-order chi connectivity index (χ1) is 9.61. The lowest BCUT2D eigenvalue weighted by molar-refractivity contribution is 0.622. The Labute approximate surface area is 119 Å². The maximum absolute atomic E-state index is 12.9. The van der Waals surface area contributed by atoms with Gasteiger partial charge < -0.3 is 5.32 Å². The zero-order valence-corrected chi connectivity index (χ0v) is 12.4. The summed E-state index contributed by atoms with van der Waals surface area (Å²) in [7, 11) is 1.97. The largest absolute Gasteiger partial charge is 0.320 e. The van der Waals surface area contributed by atoms with Gasteiger partial charge in [0, 0.05) is 5.69 Å². The summed E-state index contributed by atoms with van der Waals surface area (Å²) < 4.78 is 14.9. The maximum atomic E-state index is 12.9. The molecule has 0 spiro atoms. The van der Waals surface area contributed by atoms with E-state index >= 15 is 0 Å². The summed E-state index contributed by atoms with van der Waals surface area (Å²) in [4.78, 5) is 0. The molecule has 0 saturated heterocycles. The molecule has 0 radical (unpaired) electrons. The monoisotopic (exact) mass is 275 g/mol. The van der Waals surface area contributed by atoms with Crippen molar-refractivity contribution in [2.24, 2.45) is 0 Å². The molecule has 4 heteroatoms. The van der Waals surface area contributed by atoms with E-state index in [9.17, 15) is 4.39 Å². The molecule has 1 aromatic carbocycles. The lowest BCUT2D eigenvalue weighted by atomic mass is 10.1. The zero-order chi connectivity index (χ0) is 14.5. The Balaban J connectivity index is 2.12. The van der Waals surface area contributed by atoms with Gasteiger partial charge in [-0.05, 0) is 63.5 Å². The smallest absolute Gasteiger partial charge is 0.123 e. The van der Waals surface area contributed by atoms with Gasteiger partial charge in [-0.2, -0.15) is 5.10 Å². The Hall–Kier alpha value is -1.68. The van der Waals surface area contributed by atoms with Gasteiger partial charge in [-0.25, -0.2) is 4.39 Å². The molecule has 108 valence electrons. The van der Waals surface area contributed by atoms with Crippen LogP contribution in [0.2, 0.25) is 0 Å². The van der Waals surface area contributed by atoms with E-state index in [0.717, 1.165) is 30.6 Å². The van der Waals surface area contributed by atoms with Crippen molar-refractivity contribution in [3.63, 3.8) is 0 Å². The number of aryl methyl sites for hydroxylation is 1. The summed E-state index contributed by atoms with van der Waals surface area (Å²) in [5.41, 5.74) is 4.71. The van der Waals surface area contributed by atoms with E-state index in [-0.39, 0.29) is 5.82 Å². The number of halogens is 1. The molecule has 0 amide bonds. The first kappa shape index (κ1) is 14.7. The molecular formula is C16H22FN3. The number of nitrogens with zero attached hydrogens (tertiary/aromatic N) is 2. The summed E-state index contributed by atoms with van der Waals surface area (Å²) >= 11 is 0. The molecule has 1 heterocycles. The molecule has 0 saturated carbocycles. The summed E-state index contributed by atoms with van der Waals surface area (Å²) in [5, 5.41) is 7.78. The van der Waals surface area contributed by atoms with Crippen LogP contribution in [0, 0.1) is 19.7 Å². The Morgan fingerprint density at radius 3 is 2.55 bits per heavy atom. The van der Waals surface area contributed by atoms with E-state index in [0.29, 0.717) is 6.54 Å². The number of rotatable bonds is 6. The fraction of sp³-hybridized carbons (Fsp3) is 0.438. The molecule has 0 aliphatic carbocycles. The fourth-order valence-corrected chi connectivity index (χ4v) is 2.45. The van der Waals surface area contributed by atoms with Gasteiger partial charge in [0.1, 0.15) is 5.82 Å². The molecule has 0 bridgehead atoms. The molecule has 0 atom stereocenters. The third kappa shape index (κ3) is 3.45. The van der Waals surface area contributed by atoms with Gasteiger partial charge in [-0.3, -0.25) is 4.68 Å². The average Bonchev–Trinajstić information content (AvgIpc) is 2.69. The zero-order valence-electron chi connectivity index (χ0n) is 12.4. The topological polar surface area (TPSA) is 29.9 Å². The normalized spacial score (nSPS) is 11.0. The summed E-state index contributed by atoms with van der Waals surface area (Å²) in [6.07, 6.45) is 2.16. The van der Waals surface area contributed by atoms with Gasteiger partial charge in [0.2, 0.25) is 0 Å². The molecule has 0 aliphatic rings. The van der Waals surface area contributed by atoms with Crippen molar-refractivity contribution in [1.29, 1.82) is 0 Å². The number of aromatic nitrogens is 2. The van der Waals surface area contributed by atoms with Gasteiger partial charge in [0.05, 0.1) is 12.2 Å². The standard InChI is InChI=1S/C16H22FN3/c1-12-16(5-4-10-18-3)13(2)20(19-12)11-14-6-8-15(17)9-7-14/h6-9,18H,4-5,10-11H2,1-3H3. The molecule has 20 heavy (non-hydrogen) atoms. The van der Waals surface area contributed by atoms with E-state index in [1.165, 1.54) is 23.4 Å². The van der Waals surface area contributed by atoms with Crippen LogP contribution in [0.3, 0.4) is 0 Å². The van der Waals surface area contributed by atoms with Gasteiger partial charge in [-0.1, -0.05) is 12.1 Å². The van der Waals surface area contributed by atoms with Crippen LogP contribution in [0.25, 0.3) is 0 Å². The molecule has 0 unspecified atom stereocenters. The summed E-state index contributed by atoms with van der Waals surface area (Å²) in [5.74, 6) is -0.199. The maximum Gasteiger partial charge on any atom is 0.123 e. The predicted octanol–water partition coefficient (Wildman–Crippen LogP) is 2.84. The van der Waals surface area contributed by atoms with Crippen LogP contribution in [0.15, 0.2) is 24.3 Å². The van der Waals surface area contributed by atoms with Gasteiger partial charge in [0.15, 0.2) is 0 Å². The van der Waals surface area contributed by atoms with E-state index in [2.05, 4.69) is 24.3 Å². The first-order valence-corrected chi connectivity index (χ1v) is 7.03. The first-order valence-electron chi connectivity index (χ1n) is 7.03. The Morgan fingerprint density at radius 1 is 1.20 bits per heavy atom. The molecule has 0 aliphatic heterocycles. The van der Waals surface area contributed by atoms with Gasteiger partial charge in [0.25, 0.3) is 0 Å². The highest BCUT2D eigenvalue weighted by molar-refractivity contribution is 5.26. The average molecular weight is 275 g/mol. The predicted molar refractivity (Wildman–Crippen MR) is 79.5 cm³/mol. The lowest BCUT2D eigenvalue weighted by Crippen LogP contribution is -2.09. The molecule has 0 fully saturated rings. The minimum absolute atomic E-state index is 0.199. The Kier molecular flexibility index (Phi) is 4.90. The number of nitrogens with one attached hydrogen (secondary N) is 1. The third-order valence-electron chi connectivity index (χ3n) is 3.63. The molecule has 2 rings (SSSR count). The van der Waals surface area contributed by atoms with Crippen LogP contribution in [0.1, 0.15) is 28.9 Å². The highest BCUT2D eigenvalue weighted by Crippen LogP contribution is 2.16. The highest BCUT2D eigenvalue weighted by atomic mass is 19.1. The molecule has 2 aromatic rings. The van der Waals surface area contributed by atoms with Crippen LogP contribution >= 0.6 is 0 Å². The minimum atomic E-state index is -0.199. The second-order valence-corrected chi connectivity index (χ2v) is 5.14. The van der Waals surface area contributed by atoms with E-state index in [1.807, 2.05) is 23.9 Å². The lowest BCUT2D eigenvalue weighted by Gasteiger charge is -2.06. The van der Waals surface area contributed by atoms with E-state index in [1.54, 1.807) is 0 Å². The molecule has 1 N–H and O–H groups in total. The Bertz CT molecular complexity index is 558. The Morgan fingerprint density at radius 2 is 1.90 bits per heavy atom. The molecule has 3 nitrogen and oxygen atoms in total. The van der Waals surface area contributed by atoms with Crippen LogP contribution < -0.4 is 5.32 Å². The summed E-state index contributed by atoms with van der Waals surface area (Å²) in [6.45, 7) is 5.88. The fourth-order valence-electron chi connectivity index (χ4n) is 2.45. The van der Waals surface area contributed by atoms with Gasteiger partial charge in [-0.15, -0.1) is 0 Å². The van der Waals surface area contributed by atoms with E-state index < -0.39 is 0 Å². The van der Waals surface area contributed by atoms with Crippen molar-refractivity contribution in [1.82, 2.24) is 15.1 Å². The quantitative estimate of drug-likeness (QED) is 0.822. The van der Waals surface area contributed by atoms with Crippen LogP contribution in [0.4, 0.5) is 4.39 Å². The summed E-state index contributed by atoms with van der Waals surface area (Å²) in [6, 6.07) is 6.61. The van der Waals surface area contributed by atoms with Crippen molar-refractivity contribution >= 4 is 0 Å². The van der Waals surface area contributed by atoms with Crippen LogP contribution in [-0.2, 0) is 13.0 Å². The molecule has 1 aromatic heterocycles. The van der Waals surface area contributed by atoms with Crippen LogP contribution in [0.5, 0.6) is 0 Å². The van der Waals surface area contributed by atoms with Crippen molar-refractivity contribution in [2.75, 3.05) is 13.6 Å². The second kappa shape index (κ2) is 6.66. The van der Waals surface area contributed by atoms with Crippen molar-refractivity contribution in [2.45, 2.75) is 33.2 Å². The van der Waals surface area contributed by atoms with Crippen molar-refractivity contribution in [3.8, 4) is 0 Å². The number of benzene rings is 1. The van der Waals surface area contributed by atoms with Gasteiger partial charge >= 0.3 is 0 Å². The molecular weight excluding hydrogens is 253 g/mol. The minimum Gasteiger partial charge on any atom is -0.320 e. The van der Waals surface area contributed by atoms with Crippen LogP contribution in [-0.4, -0.2) is 23.4 Å².